The van der Waals surface area contributed by atoms with Crippen LogP contribution in [0.15, 0.2) is 52.9 Å². The van der Waals surface area contributed by atoms with Crippen molar-refractivity contribution in [3.8, 4) is 11.5 Å². The van der Waals surface area contributed by atoms with E-state index in [1.54, 1.807) is 19.1 Å². The first-order valence-corrected chi connectivity index (χ1v) is 9.63. The van der Waals surface area contributed by atoms with E-state index in [1.165, 1.54) is 24.3 Å². The molecule has 4 rings (SSSR count). The number of alkyl halides is 3. The summed E-state index contributed by atoms with van der Waals surface area (Å²) in [5.41, 5.74) is 0.754. The van der Waals surface area contributed by atoms with Crippen LogP contribution < -0.4 is 5.32 Å². The Balaban J connectivity index is 1.59. The van der Waals surface area contributed by atoms with Crippen molar-refractivity contribution in [3.63, 3.8) is 0 Å². The molecule has 162 valence electrons. The number of hydrogen-bond donors (Lipinski definition) is 1. The van der Waals surface area contributed by atoms with E-state index >= 15 is 0 Å². The molecular formula is C22H19F4N3O2. The molecule has 1 atom stereocenters. The molecule has 2 heterocycles. The Morgan fingerprint density at radius 2 is 1.94 bits per heavy atom. The molecule has 0 saturated carbocycles. The average molecular weight is 433 g/mol. The van der Waals surface area contributed by atoms with E-state index in [-0.39, 0.29) is 18.3 Å². The maximum absolute atomic E-state index is 13.7. The number of aryl methyl sites for hydroxylation is 1. The minimum Gasteiger partial charge on any atom is -0.441 e. The van der Waals surface area contributed by atoms with Crippen LogP contribution in [-0.4, -0.2) is 28.9 Å². The predicted octanol–water partition coefficient (Wildman–Crippen LogP) is 4.48. The van der Waals surface area contributed by atoms with E-state index in [9.17, 15) is 22.4 Å². The SMILES string of the molecule is Cc1oc(-c2ccc(C(F)(F)F)cc2)nc1CN1CCNC(=O)C1c1cccc(F)c1. The van der Waals surface area contributed by atoms with Crippen molar-refractivity contribution >= 4 is 5.91 Å². The fourth-order valence-corrected chi connectivity index (χ4v) is 3.62. The fraction of sp³-hybridized carbons (Fsp3) is 0.273. The van der Waals surface area contributed by atoms with E-state index in [4.69, 9.17) is 4.42 Å². The zero-order valence-corrected chi connectivity index (χ0v) is 16.5. The molecule has 0 radical (unpaired) electrons. The van der Waals surface area contributed by atoms with Gasteiger partial charge in [-0.15, -0.1) is 0 Å². The lowest BCUT2D eigenvalue weighted by molar-refractivity contribution is -0.137. The Labute approximate surface area is 175 Å². The smallest absolute Gasteiger partial charge is 0.416 e. The van der Waals surface area contributed by atoms with Crippen LogP contribution in [-0.2, 0) is 17.5 Å². The quantitative estimate of drug-likeness (QED) is 0.617. The maximum Gasteiger partial charge on any atom is 0.416 e. The molecule has 0 aliphatic carbocycles. The van der Waals surface area contributed by atoms with Crippen LogP contribution in [0, 0.1) is 12.7 Å². The van der Waals surface area contributed by atoms with Crippen LogP contribution in [0.2, 0.25) is 0 Å². The van der Waals surface area contributed by atoms with Crippen molar-refractivity contribution in [3.05, 3.63) is 76.9 Å². The van der Waals surface area contributed by atoms with E-state index in [0.29, 0.717) is 35.7 Å². The third-order valence-electron chi connectivity index (χ3n) is 5.18. The molecule has 3 aromatic rings. The first kappa shape index (κ1) is 21.0. The molecule has 1 aliphatic rings. The average Bonchev–Trinajstić information content (AvgIpc) is 3.08. The van der Waals surface area contributed by atoms with Crippen LogP contribution in [0.1, 0.15) is 28.6 Å². The molecule has 1 saturated heterocycles. The number of nitrogens with one attached hydrogen (secondary N) is 1. The van der Waals surface area contributed by atoms with Gasteiger partial charge < -0.3 is 9.73 Å². The van der Waals surface area contributed by atoms with Crippen molar-refractivity contribution in [2.75, 3.05) is 13.1 Å². The van der Waals surface area contributed by atoms with Crippen molar-refractivity contribution < 1.29 is 26.8 Å². The summed E-state index contributed by atoms with van der Waals surface area (Å²) in [4.78, 5) is 18.8. The number of carbonyl (C=O) groups is 1. The van der Waals surface area contributed by atoms with Gasteiger partial charge in [-0.05, 0) is 48.9 Å². The Bertz CT molecular complexity index is 1090. The lowest BCUT2D eigenvalue weighted by Crippen LogP contribution is -2.49. The van der Waals surface area contributed by atoms with Crippen molar-refractivity contribution in [2.45, 2.75) is 25.7 Å². The molecule has 1 aliphatic heterocycles. The molecule has 1 fully saturated rings. The standard InChI is InChI=1S/C22H19F4N3O2/c1-13-18(28-21(31-13)14-5-7-16(8-6-14)22(24,25)26)12-29-10-9-27-20(30)19(29)15-3-2-4-17(23)11-15/h2-8,11,19H,9-10,12H2,1H3,(H,27,30). The number of nitrogens with zero attached hydrogens (tertiary/aromatic N) is 2. The Hall–Kier alpha value is -3.20. The zero-order valence-electron chi connectivity index (χ0n) is 16.5. The Kier molecular flexibility index (Phi) is 5.53. The first-order valence-electron chi connectivity index (χ1n) is 9.63. The predicted molar refractivity (Wildman–Crippen MR) is 104 cm³/mol. The van der Waals surface area contributed by atoms with Gasteiger partial charge in [-0.2, -0.15) is 13.2 Å². The molecule has 31 heavy (non-hydrogen) atoms. The van der Waals surface area contributed by atoms with Gasteiger partial charge >= 0.3 is 6.18 Å². The summed E-state index contributed by atoms with van der Waals surface area (Å²) in [5.74, 6) is 0.0304. The second-order valence-corrected chi connectivity index (χ2v) is 7.32. The molecule has 1 N–H and O–H groups in total. The molecule has 5 nitrogen and oxygen atoms in total. The van der Waals surface area contributed by atoms with Crippen LogP contribution in [0.4, 0.5) is 17.6 Å². The van der Waals surface area contributed by atoms with Crippen molar-refractivity contribution in [1.29, 1.82) is 0 Å². The van der Waals surface area contributed by atoms with E-state index < -0.39 is 23.6 Å². The largest absolute Gasteiger partial charge is 0.441 e. The molecule has 1 unspecified atom stereocenters. The highest BCUT2D eigenvalue weighted by atomic mass is 19.4. The molecule has 0 spiro atoms. The number of oxazole rings is 1. The number of carbonyl (C=O) groups excluding carboxylic acids is 1. The van der Waals surface area contributed by atoms with Crippen LogP contribution in [0.5, 0.6) is 0 Å². The number of rotatable bonds is 4. The summed E-state index contributed by atoms with van der Waals surface area (Å²) in [7, 11) is 0. The molecular weight excluding hydrogens is 414 g/mol. The minimum absolute atomic E-state index is 0.199. The van der Waals surface area contributed by atoms with Gasteiger partial charge in [-0.3, -0.25) is 9.69 Å². The fourth-order valence-electron chi connectivity index (χ4n) is 3.62. The minimum atomic E-state index is -4.42. The third-order valence-corrected chi connectivity index (χ3v) is 5.18. The van der Waals surface area contributed by atoms with Crippen LogP contribution >= 0.6 is 0 Å². The second kappa shape index (κ2) is 8.14. The number of aromatic nitrogens is 1. The van der Waals surface area contributed by atoms with E-state index in [1.807, 2.05) is 4.90 Å². The Morgan fingerprint density at radius 3 is 2.61 bits per heavy atom. The second-order valence-electron chi connectivity index (χ2n) is 7.32. The highest BCUT2D eigenvalue weighted by molar-refractivity contribution is 5.83. The monoisotopic (exact) mass is 433 g/mol. The lowest BCUT2D eigenvalue weighted by atomic mass is 10.0. The Morgan fingerprint density at radius 1 is 1.19 bits per heavy atom. The maximum atomic E-state index is 13.7. The van der Waals surface area contributed by atoms with Crippen molar-refractivity contribution in [2.24, 2.45) is 0 Å². The van der Waals surface area contributed by atoms with Gasteiger partial charge in [0.25, 0.3) is 0 Å². The first-order chi connectivity index (χ1) is 14.7. The number of amides is 1. The number of piperazine rings is 1. The van der Waals surface area contributed by atoms with Gasteiger partial charge in [0.2, 0.25) is 11.8 Å². The van der Waals surface area contributed by atoms with Gasteiger partial charge in [0.15, 0.2) is 0 Å². The van der Waals surface area contributed by atoms with Gasteiger partial charge in [-0.1, -0.05) is 12.1 Å². The summed E-state index contributed by atoms with van der Waals surface area (Å²) < 4.78 is 57.7. The molecule has 2 aromatic carbocycles. The zero-order chi connectivity index (χ0) is 22.2. The molecule has 1 aromatic heterocycles. The van der Waals surface area contributed by atoms with Gasteiger partial charge in [-0.25, -0.2) is 9.37 Å². The number of halogens is 4. The number of hydrogen-bond acceptors (Lipinski definition) is 4. The van der Waals surface area contributed by atoms with E-state index in [2.05, 4.69) is 10.3 Å². The lowest BCUT2D eigenvalue weighted by Gasteiger charge is -2.34. The molecule has 9 heteroatoms. The summed E-state index contributed by atoms with van der Waals surface area (Å²) in [5, 5.41) is 2.79. The van der Waals surface area contributed by atoms with Crippen LogP contribution in [0.25, 0.3) is 11.5 Å². The van der Waals surface area contributed by atoms with E-state index in [0.717, 1.165) is 12.1 Å². The highest BCUT2D eigenvalue weighted by Crippen LogP contribution is 2.32. The highest BCUT2D eigenvalue weighted by Gasteiger charge is 2.33. The summed E-state index contributed by atoms with van der Waals surface area (Å²) in [6.45, 7) is 2.93. The normalized spacial score (nSPS) is 17.6. The van der Waals surface area contributed by atoms with Gasteiger partial charge in [0.05, 0.1) is 11.3 Å². The summed E-state index contributed by atoms with van der Waals surface area (Å²) in [6, 6.07) is 9.76. The topological polar surface area (TPSA) is 58.4 Å². The molecule has 0 bridgehead atoms. The van der Waals surface area contributed by atoms with Gasteiger partial charge in [0.1, 0.15) is 17.6 Å². The van der Waals surface area contributed by atoms with Crippen molar-refractivity contribution in [1.82, 2.24) is 15.2 Å². The van der Waals surface area contributed by atoms with Gasteiger partial charge in [0, 0.05) is 25.2 Å². The number of benzene rings is 2. The van der Waals surface area contributed by atoms with Crippen LogP contribution in [0.3, 0.4) is 0 Å². The summed E-state index contributed by atoms with van der Waals surface area (Å²) >= 11 is 0. The molecule has 1 amide bonds. The summed E-state index contributed by atoms with van der Waals surface area (Å²) in [6.07, 6.45) is -4.42. The third kappa shape index (κ3) is 4.46.